The molecule has 0 aromatic heterocycles. The summed E-state index contributed by atoms with van der Waals surface area (Å²) in [5.41, 5.74) is -0.674. The van der Waals surface area contributed by atoms with Crippen molar-refractivity contribution in [1.82, 2.24) is 0 Å². The van der Waals surface area contributed by atoms with E-state index in [0.29, 0.717) is 12.8 Å². The zero-order valence-corrected chi connectivity index (χ0v) is 36.7. The Balaban J connectivity index is 2.20. The molecule has 0 aliphatic carbocycles. The Kier molecular flexibility index (Phi) is 33.9. The van der Waals surface area contributed by atoms with E-state index >= 15 is 0 Å². The smallest absolute Gasteiger partial charge is 0.340 e. The summed E-state index contributed by atoms with van der Waals surface area (Å²) in [6.45, 7) is 4.77. The van der Waals surface area contributed by atoms with Crippen molar-refractivity contribution in [1.29, 1.82) is 0 Å². The molecule has 0 atom stereocenters. The van der Waals surface area contributed by atoms with Gasteiger partial charge >= 0.3 is 11.9 Å². The maximum absolute atomic E-state index is 13.1. The van der Waals surface area contributed by atoms with Gasteiger partial charge in [0.1, 0.15) is 4.90 Å². The third-order valence-electron chi connectivity index (χ3n) is 10.5. The van der Waals surface area contributed by atoms with Gasteiger partial charge in [-0.2, -0.15) is 8.42 Å². The van der Waals surface area contributed by atoms with Gasteiger partial charge in [0, 0.05) is 0 Å². The van der Waals surface area contributed by atoms with Crippen molar-refractivity contribution < 1.29 is 32.0 Å². The second-order valence-electron chi connectivity index (χ2n) is 15.7. The molecule has 1 rings (SSSR count). The first-order valence-electron chi connectivity index (χ1n) is 23.1. The quantitative estimate of drug-likeness (QED) is 0.0306. The molecule has 0 spiro atoms. The molecule has 0 fully saturated rings. The summed E-state index contributed by atoms with van der Waals surface area (Å²) in [6, 6.07) is 3.76. The molecule has 0 amide bonds. The molecule has 0 saturated carbocycles. The maximum atomic E-state index is 13.1. The predicted molar refractivity (Wildman–Crippen MR) is 234 cm³/mol. The number of unbranched alkanes of at least 4 members (excludes halogenated alkanes) is 28. The number of carbonyl (C=O) groups excluding carboxylic acids is 2. The molecule has 0 heterocycles. The van der Waals surface area contributed by atoms with E-state index in [1.54, 1.807) is 0 Å². The Morgan fingerprint density at radius 1 is 0.482 bits per heavy atom. The van der Waals surface area contributed by atoms with Crippen molar-refractivity contribution in [2.24, 2.45) is 0 Å². The molecule has 0 aliphatic rings. The first kappa shape index (κ1) is 51.6. The maximum Gasteiger partial charge on any atom is 0.340 e. The van der Waals surface area contributed by atoms with Gasteiger partial charge in [0.05, 0.1) is 24.3 Å². The largest absolute Gasteiger partial charge is 0.462 e. The number of allylic oxidation sites excluding steroid dienone is 4. The van der Waals surface area contributed by atoms with Crippen LogP contribution >= 0.6 is 0 Å². The monoisotopic (exact) mass is 803 g/mol. The number of hydrogen-bond donors (Lipinski definition) is 1. The topological polar surface area (TPSA) is 107 Å². The van der Waals surface area contributed by atoms with Crippen LogP contribution in [0.3, 0.4) is 0 Å². The van der Waals surface area contributed by atoms with E-state index in [0.717, 1.165) is 44.6 Å². The van der Waals surface area contributed by atoms with Gasteiger partial charge in [-0.15, -0.1) is 0 Å². The Labute approximate surface area is 344 Å². The average Bonchev–Trinajstić information content (AvgIpc) is 3.18. The van der Waals surface area contributed by atoms with Crippen LogP contribution in [0.1, 0.15) is 240 Å². The molecule has 1 aromatic carbocycles. The van der Waals surface area contributed by atoms with Crippen LogP contribution in [0.5, 0.6) is 0 Å². The van der Waals surface area contributed by atoms with Gasteiger partial charge in [-0.1, -0.05) is 185 Å². The molecular formula is C48H82O7S. The third-order valence-corrected chi connectivity index (χ3v) is 11.4. The number of hydrogen-bond acceptors (Lipinski definition) is 6. The molecule has 1 N–H and O–H groups in total. The van der Waals surface area contributed by atoms with Crippen LogP contribution < -0.4 is 0 Å². The van der Waals surface area contributed by atoms with Gasteiger partial charge in [-0.3, -0.25) is 4.55 Å². The van der Waals surface area contributed by atoms with Crippen LogP contribution in [0.4, 0.5) is 0 Å². The van der Waals surface area contributed by atoms with Crippen LogP contribution in [-0.2, 0) is 19.6 Å². The lowest BCUT2D eigenvalue weighted by Crippen LogP contribution is -2.19. The fourth-order valence-electron chi connectivity index (χ4n) is 7.01. The van der Waals surface area contributed by atoms with E-state index in [1.807, 2.05) is 0 Å². The van der Waals surface area contributed by atoms with Crippen molar-refractivity contribution in [2.45, 2.75) is 224 Å². The van der Waals surface area contributed by atoms with E-state index in [9.17, 15) is 22.6 Å². The van der Waals surface area contributed by atoms with Crippen LogP contribution in [-0.4, -0.2) is 38.1 Å². The molecule has 0 radical (unpaired) electrons. The molecule has 0 unspecified atom stereocenters. The Morgan fingerprint density at radius 2 is 0.804 bits per heavy atom. The highest BCUT2D eigenvalue weighted by molar-refractivity contribution is 7.86. The van der Waals surface area contributed by atoms with Gasteiger partial charge in [0.15, 0.2) is 0 Å². The summed E-state index contributed by atoms with van der Waals surface area (Å²) in [7, 11) is -4.77. The first-order chi connectivity index (χ1) is 27.3. The van der Waals surface area contributed by atoms with E-state index in [4.69, 9.17) is 9.47 Å². The highest BCUT2D eigenvalue weighted by Gasteiger charge is 2.28. The van der Waals surface area contributed by atoms with Crippen LogP contribution in [0.2, 0.25) is 0 Å². The molecule has 8 heteroatoms. The third kappa shape index (κ3) is 28.9. The first-order valence-corrected chi connectivity index (χ1v) is 24.5. The van der Waals surface area contributed by atoms with Crippen molar-refractivity contribution in [3.63, 3.8) is 0 Å². The zero-order valence-electron chi connectivity index (χ0n) is 35.9. The minimum absolute atomic E-state index is 0.109. The minimum atomic E-state index is -4.77. The molecule has 0 aliphatic heterocycles. The number of rotatable bonds is 39. The molecule has 7 nitrogen and oxygen atoms in total. The summed E-state index contributed by atoms with van der Waals surface area (Å²) in [5, 5.41) is 0. The van der Waals surface area contributed by atoms with E-state index in [1.165, 1.54) is 166 Å². The standard InChI is InChI=1S/C48H82O7S/c1-3-5-7-9-11-13-15-17-19-21-23-25-27-29-31-33-35-37-42-54-47(49)44-40-39-41-45(56(51,52)53)46(44)48(50)55-43-38-36-34-32-30-28-26-24-22-20-18-16-14-12-10-8-6-4-2/h11-14,39-41H,3-10,15-38,42-43H2,1-2H3,(H,51,52,53)/b13-11+,14-12+. The fourth-order valence-corrected chi connectivity index (χ4v) is 7.71. The second-order valence-corrected chi connectivity index (χ2v) is 17.1. The van der Waals surface area contributed by atoms with Gasteiger partial charge in [-0.05, 0) is 76.3 Å². The highest BCUT2D eigenvalue weighted by Crippen LogP contribution is 2.23. The number of benzene rings is 1. The van der Waals surface area contributed by atoms with Crippen molar-refractivity contribution >= 4 is 22.1 Å². The van der Waals surface area contributed by atoms with E-state index < -0.39 is 32.5 Å². The molecule has 1 aromatic rings. The number of esters is 2. The minimum Gasteiger partial charge on any atom is -0.462 e. The second kappa shape index (κ2) is 36.9. The molecule has 0 bridgehead atoms. The van der Waals surface area contributed by atoms with Crippen molar-refractivity contribution in [3.8, 4) is 0 Å². The summed E-state index contributed by atoms with van der Waals surface area (Å²) in [4.78, 5) is 25.4. The zero-order chi connectivity index (χ0) is 40.8. The summed E-state index contributed by atoms with van der Waals surface area (Å²) in [5.74, 6) is -1.74. The van der Waals surface area contributed by atoms with Gasteiger partial charge in [0.25, 0.3) is 10.1 Å². The van der Waals surface area contributed by atoms with Crippen LogP contribution in [0.25, 0.3) is 0 Å². The lowest BCUT2D eigenvalue weighted by molar-refractivity contribution is 0.0446. The van der Waals surface area contributed by atoms with E-state index in [-0.39, 0.29) is 18.8 Å². The SMILES string of the molecule is CCCCC/C=C/CCCCCCCCCCCCCOC(=O)c1cccc(S(=O)(=O)O)c1C(=O)OCCCCCCCCCCCCC/C=C/CCCCC. The molecule has 322 valence electrons. The normalized spacial score (nSPS) is 11.9. The lowest BCUT2D eigenvalue weighted by atomic mass is 10.0. The van der Waals surface area contributed by atoms with Gasteiger partial charge in [0.2, 0.25) is 0 Å². The molecule has 56 heavy (non-hydrogen) atoms. The number of carbonyl (C=O) groups is 2. The van der Waals surface area contributed by atoms with Crippen molar-refractivity contribution in [3.05, 3.63) is 53.6 Å². The van der Waals surface area contributed by atoms with E-state index in [2.05, 4.69) is 38.2 Å². The average molecular weight is 803 g/mol. The number of ether oxygens (including phenoxy) is 2. The highest BCUT2D eigenvalue weighted by atomic mass is 32.2. The van der Waals surface area contributed by atoms with Gasteiger partial charge in [-0.25, -0.2) is 9.59 Å². The summed E-state index contributed by atoms with van der Waals surface area (Å²) >= 11 is 0. The predicted octanol–water partition coefficient (Wildman–Crippen LogP) is 14.9. The molecular weight excluding hydrogens is 721 g/mol. The Bertz CT molecular complexity index is 1270. The van der Waals surface area contributed by atoms with Gasteiger partial charge < -0.3 is 9.47 Å². The Morgan fingerprint density at radius 3 is 1.16 bits per heavy atom. The fraction of sp³-hybridized carbons (Fsp3) is 0.750. The Hall–Kier alpha value is -2.45. The lowest BCUT2D eigenvalue weighted by Gasteiger charge is -2.13. The van der Waals surface area contributed by atoms with Crippen molar-refractivity contribution in [2.75, 3.05) is 13.2 Å². The molecule has 0 saturated heterocycles. The van der Waals surface area contributed by atoms with Crippen LogP contribution in [0.15, 0.2) is 47.4 Å². The van der Waals surface area contributed by atoms with Crippen LogP contribution in [0, 0.1) is 0 Å². The summed E-state index contributed by atoms with van der Waals surface area (Å²) < 4.78 is 44.9. The summed E-state index contributed by atoms with van der Waals surface area (Å²) in [6.07, 6.45) is 47.6.